The lowest BCUT2D eigenvalue weighted by molar-refractivity contribution is 0.627. The zero-order valence-corrected chi connectivity index (χ0v) is 7.94. The van der Waals surface area contributed by atoms with Gasteiger partial charge in [-0.2, -0.15) is 5.10 Å². The number of rotatable bonds is 2. The molecule has 72 valence electrons. The third-order valence-electron chi connectivity index (χ3n) is 2.10. The van der Waals surface area contributed by atoms with Crippen LogP contribution in [0.1, 0.15) is 12.6 Å². The molecule has 2 rings (SSSR count). The van der Waals surface area contributed by atoms with Gasteiger partial charge in [-0.15, -0.1) is 0 Å². The largest absolute Gasteiger partial charge is 0.241 e. The van der Waals surface area contributed by atoms with Gasteiger partial charge in [0.1, 0.15) is 5.82 Å². The first-order chi connectivity index (χ1) is 6.79. The van der Waals surface area contributed by atoms with Gasteiger partial charge in [0.2, 0.25) is 0 Å². The summed E-state index contributed by atoms with van der Waals surface area (Å²) in [7, 11) is 0. The summed E-state index contributed by atoms with van der Waals surface area (Å²) in [6.07, 6.45) is 2.79. The predicted molar refractivity (Wildman–Crippen MR) is 52.9 cm³/mol. The Morgan fingerprint density at radius 2 is 1.93 bits per heavy atom. The van der Waals surface area contributed by atoms with Gasteiger partial charge in [-0.25, -0.2) is 9.07 Å². The maximum Gasteiger partial charge on any atom is 0.123 e. The summed E-state index contributed by atoms with van der Waals surface area (Å²) in [5.74, 6) is -0.225. The second-order valence-corrected chi connectivity index (χ2v) is 3.08. The van der Waals surface area contributed by atoms with Crippen LogP contribution in [0.15, 0.2) is 36.5 Å². The quantitative estimate of drug-likeness (QED) is 0.711. The Labute approximate surface area is 82.0 Å². The topological polar surface area (TPSA) is 17.8 Å². The molecule has 0 fully saturated rings. The minimum Gasteiger partial charge on any atom is -0.241 e. The normalized spacial score (nSPS) is 10.4. The molecule has 0 aliphatic rings. The molecule has 0 radical (unpaired) electrons. The summed E-state index contributed by atoms with van der Waals surface area (Å²) < 4.78 is 14.4. The molecule has 1 heterocycles. The molecule has 0 saturated heterocycles. The molecule has 2 nitrogen and oxygen atoms in total. The Kier molecular flexibility index (Phi) is 2.31. The van der Waals surface area contributed by atoms with Crippen molar-refractivity contribution in [2.24, 2.45) is 0 Å². The van der Waals surface area contributed by atoms with E-state index in [0.717, 1.165) is 17.8 Å². The van der Waals surface area contributed by atoms with Crippen LogP contribution in [0.5, 0.6) is 0 Å². The molecule has 0 aliphatic heterocycles. The molecule has 14 heavy (non-hydrogen) atoms. The SMILES string of the molecule is CCc1ccn(-c2ccc(F)cc2)n1. The van der Waals surface area contributed by atoms with E-state index in [9.17, 15) is 4.39 Å². The van der Waals surface area contributed by atoms with Gasteiger partial charge >= 0.3 is 0 Å². The van der Waals surface area contributed by atoms with E-state index in [0.29, 0.717) is 0 Å². The van der Waals surface area contributed by atoms with Crippen LogP contribution in [0.3, 0.4) is 0 Å². The number of nitrogens with zero attached hydrogens (tertiary/aromatic N) is 2. The number of hydrogen-bond acceptors (Lipinski definition) is 1. The minimum absolute atomic E-state index is 0.225. The number of benzene rings is 1. The summed E-state index contributed by atoms with van der Waals surface area (Å²) >= 11 is 0. The zero-order valence-electron chi connectivity index (χ0n) is 7.94. The Morgan fingerprint density at radius 1 is 1.21 bits per heavy atom. The maximum atomic E-state index is 12.6. The summed E-state index contributed by atoms with van der Waals surface area (Å²) in [5, 5.41) is 4.32. The third kappa shape index (κ3) is 1.66. The molecule has 0 bridgehead atoms. The van der Waals surface area contributed by atoms with Crippen molar-refractivity contribution in [2.45, 2.75) is 13.3 Å². The van der Waals surface area contributed by atoms with E-state index in [1.54, 1.807) is 16.8 Å². The number of aryl methyl sites for hydroxylation is 1. The number of halogens is 1. The monoisotopic (exact) mass is 190 g/mol. The standard InChI is InChI=1S/C11H11FN2/c1-2-10-7-8-14(13-10)11-5-3-9(12)4-6-11/h3-8H,2H2,1H3. The van der Waals surface area contributed by atoms with Crippen molar-refractivity contribution in [3.05, 3.63) is 48.0 Å². The summed E-state index contributed by atoms with van der Waals surface area (Å²) in [5.41, 5.74) is 1.92. The van der Waals surface area contributed by atoms with Gasteiger partial charge in [0.15, 0.2) is 0 Å². The first-order valence-corrected chi connectivity index (χ1v) is 4.60. The van der Waals surface area contributed by atoms with Crippen molar-refractivity contribution in [3.63, 3.8) is 0 Å². The summed E-state index contributed by atoms with van der Waals surface area (Å²) in [4.78, 5) is 0. The van der Waals surface area contributed by atoms with Crippen molar-refractivity contribution in [1.29, 1.82) is 0 Å². The first kappa shape index (κ1) is 8.94. The molecule has 3 heteroatoms. The Hall–Kier alpha value is -1.64. The molecule has 0 atom stereocenters. The van der Waals surface area contributed by atoms with Crippen LogP contribution in [-0.4, -0.2) is 9.78 Å². The van der Waals surface area contributed by atoms with E-state index in [-0.39, 0.29) is 5.82 Å². The smallest absolute Gasteiger partial charge is 0.123 e. The molecule has 2 aromatic rings. The van der Waals surface area contributed by atoms with Gasteiger partial charge in [-0.1, -0.05) is 6.92 Å². The van der Waals surface area contributed by atoms with E-state index in [4.69, 9.17) is 0 Å². The maximum absolute atomic E-state index is 12.6. The fraction of sp³-hybridized carbons (Fsp3) is 0.182. The zero-order chi connectivity index (χ0) is 9.97. The van der Waals surface area contributed by atoms with Crippen LogP contribution in [-0.2, 0) is 6.42 Å². The summed E-state index contributed by atoms with van der Waals surface area (Å²) in [6.45, 7) is 2.05. The lowest BCUT2D eigenvalue weighted by atomic mass is 10.3. The van der Waals surface area contributed by atoms with Gasteiger partial charge in [0.05, 0.1) is 11.4 Å². The molecular formula is C11H11FN2. The van der Waals surface area contributed by atoms with Crippen LogP contribution < -0.4 is 0 Å². The molecule has 0 spiro atoms. The fourth-order valence-electron chi connectivity index (χ4n) is 1.29. The van der Waals surface area contributed by atoms with Crippen LogP contribution >= 0.6 is 0 Å². The van der Waals surface area contributed by atoms with Gasteiger partial charge in [-0.05, 0) is 36.8 Å². The molecule has 0 saturated carbocycles. The highest BCUT2D eigenvalue weighted by Crippen LogP contribution is 2.08. The van der Waals surface area contributed by atoms with Crippen LogP contribution in [0, 0.1) is 5.82 Å². The van der Waals surface area contributed by atoms with Crippen molar-refractivity contribution in [3.8, 4) is 5.69 Å². The Morgan fingerprint density at radius 3 is 2.50 bits per heavy atom. The van der Waals surface area contributed by atoms with E-state index in [1.165, 1.54) is 12.1 Å². The third-order valence-corrected chi connectivity index (χ3v) is 2.10. The molecule has 0 unspecified atom stereocenters. The predicted octanol–water partition coefficient (Wildman–Crippen LogP) is 2.57. The number of aromatic nitrogens is 2. The average molecular weight is 190 g/mol. The second kappa shape index (κ2) is 3.62. The Bertz CT molecular complexity index is 417. The van der Waals surface area contributed by atoms with Crippen molar-refractivity contribution in [2.75, 3.05) is 0 Å². The van der Waals surface area contributed by atoms with Gasteiger partial charge in [0.25, 0.3) is 0 Å². The molecule has 0 aliphatic carbocycles. The van der Waals surface area contributed by atoms with Crippen LogP contribution in [0.2, 0.25) is 0 Å². The van der Waals surface area contributed by atoms with E-state index in [2.05, 4.69) is 12.0 Å². The highest BCUT2D eigenvalue weighted by Gasteiger charge is 1.99. The molecule has 0 N–H and O–H groups in total. The van der Waals surface area contributed by atoms with E-state index < -0.39 is 0 Å². The lowest BCUT2D eigenvalue weighted by Gasteiger charge is -1.99. The van der Waals surface area contributed by atoms with Crippen LogP contribution in [0.4, 0.5) is 4.39 Å². The molecule has 1 aromatic heterocycles. The molecule has 1 aromatic carbocycles. The van der Waals surface area contributed by atoms with Crippen molar-refractivity contribution in [1.82, 2.24) is 9.78 Å². The van der Waals surface area contributed by atoms with Gasteiger partial charge in [-0.3, -0.25) is 0 Å². The molecular weight excluding hydrogens is 179 g/mol. The second-order valence-electron chi connectivity index (χ2n) is 3.08. The van der Waals surface area contributed by atoms with Crippen molar-refractivity contribution >= 4 is 0 Å². The number of hydrogen-bond donors (Lipinski definition) is 0. The van der Waals surface area contributed by atoms with Crippen molar-refractivity contribution < 1.29 is 4.39 Å². The highest BCUT2D eigenvalue weighted by atomic mass is 19.1. The van der Waals surface area contributed by atoms with E-state index >= 15 is 0 Å². The van der Waals surface area contributed by atoms with Gasteiger partial charge < -0.3 is 0 Å². The minimum atomic E-state index is -0.225. The summed E-state index contributed by atoms with van der Waals surface area (Å²) in [6, 6.07) is 8.25. The van der Waals surface area contributed by atoms with Gasteiger partial charge in [0, 0.05) is 6.20 Å². The molecule has 0 amide bonds. The first-order valence-electron chi connectivity index (χ1n) is 4.60. The van der Waals surface area contributed by atoms with E-state index in [1.807, 2.05) is 12.3 Å². The fourth-order valence-corrected chi connectivity index (χ4v) is 1.29. The highest BCUT2D eigenvalue weighted by molar-refractivity contribution is 5.31. The Balaban J connectivity index is 2.34. The lowest BCUT2D eigenvalue weighted by Crippen LogP contribution is -1.95. The van der Waals surface area contributed by atoms with Crippen LogP contribution in [0.25, 0.3) is 5.69 Å². The average Bonchev–Trinajstić information content (AvgIpc) is 2.67.